The van der Waals surface area contributed by atoms with Crippen molar-refractivity contribution in [1.29, 1.82) is 0 Å². The summed E-state index contributed by atoms with van der Waals surface area (Å²) in [6.07, 6.45) is 2.49. The van der Waals surface area contributed by atoms with Crippen LogP contribution in [0.15, 0.2) is 34.9 Å². The molecule has 0 radical (unpaired) electrons. The van der Waals surface area contributed by atoms with Gasteiger partial charge in [0, 0.05) is 20.0 Å². The monoisotopic (exact) mass is 347 g/mol. The van der Waals surface area contributed by atoms with Crippen LogP contribution < -0.4 is 4.90 Å². The Morgan fingerprint density at radius 3 is 2.88 bits per heavy atom. The van der Waals surface area contributed by atoms with E-state index < -0.39 is 6.04 Å². The van der Waals surface area contributed by atoms with Crippen molar-refractivity contribution in [3.8, 4) is 0 Å². The first-order valence-corrected chi connectivity index (χ1v) is 8.18. The summed E-state index contributed by atoms with van der Waals surface area (Å²) in [4.78, 5) is 32.4. The third kappa shape index (κ3) is 2.89. The van der Waals surface area contributed by atoms with Crippen LogP contribution in [0.2, 0.25) is 5.02 Å². The fourth-order valence-corrected chi connectivity index (χ4v) is 3.07. The van der Waals surface area contributed by atoms with E-state index in [0.717, 1.165) is 0 Å². The molecule has 6 nitrogen and oxygen atoms in total. The van der Waals surface area contributed by atoms with E-state index in [0.29, 0.717) is 36.0 Å². The molecule has 1 aliphatic heterocycles. The fourth-order valence-electron chi connectivity index (χ4n) is 2.83. The molecule has 2 heterocycles. The first kappa shape index (κ1) is 16.5. The Kier molecular flexibility index (Phi) is 4.57. The van der Waals surface area contributed by atoms with Crippen molar-refractivity contribution in [2.24, 2.45) is 0 Å². The van der Waals surface area contributed by atoms with Crippen LogP contribution in [0, 0.1) is 0 Å². The maximum Gasteiger partial charge on any atom is 0.276 e. The molecular formula is C17H18ClN3O3. The number of rotatable bonds is 4. The van der Waals surface area contributed by atoms with Gasteiger partial charge < -0.3 is 14.2 Å². The van der Waals surface area contributed by atoms with Gasteiger partial charge in [-0.25, -0.2) is 4.98 Å². The van der Waals surface area contributed by atoms with E-state index in [1.54, 1.807) is 24.1 Å². The zero-order valence-corrected chi connectivity index (χ0v) is 14.3. The van der Waals surface area contributed by atoms with E-state index in [2.05, 4.69) is 4.98 Å². The van der Waals surface area contributed by atoms with Gasteiger partial charge in [-0.2, -0.15) is 0 Å². The third-order valence-electron chi connectivity index (χ3n) is 4.18. The molecule has 1 atom stereocenters. The van der Waals surface area contributed by atoms with E-state index in [4.69, 9.17) is 16.0 Å². The number of hydrogen-bond donors (Lipinski definition) is 0. The molecule has 0 aliphatic carbocycles. The lowest BCUT2D eigenvalue weighted by Crippen LogP contribution is -2.43. The van der Waals surface area contributed by atoms with Gasteiger partial charge in [0.05, 0.1) is 10.7 Å². The first-order valence-electron chi connectivity index (χ1n) is 7.80. The summed E-state index contributed by atoms with van der Waals surface area (Å²) in [6, 6.07) is 6.66. The topological polar surface area (TPSA) is 66.7 Å². The standard InChI is InChI=1S/C17H18ClN3O3/c1-3-15-19-12(10-24-15)16(22)20(2)14-8-9-21(17(14)23)13-7-5-4-6-11(13)18/h4-7,10,14H,3,8-9H2,1-2H3. The molecule has 1 unspecified atom stereocenters. The molecule has 0 N–H and O–H groups in total. The molecule has 1 aliphatic rings. The lowest BCUT2D eigenvalue weighted by atomic mass is 10.2. The van der Waals surface area contributed by atoms with Crippen molar-refractivity contribution in [3.05, 3.63) is 47.1 Å². The summed E-state index contributed by atoms with van der Waals surface area (Å²) in [5, 5.41) is 0.518. The number of halogens is 1. The lowest BCUT2D eigenvalue weighted by Gasteiger charge is -2.23. The predicted molar refractivity (Wildman–Crippen MR) is 90.2 cm³/mol. The number of para-hydroxylation sites is 1. The van der Waals surface area contributed by atoms with Crippen molar-refractivity contribution in [3.63, 3.8) is 0 Å². The Balaban J connectivity index is 1.77. The number of carbonyl (C=O) groups is 2. The highest BCUT2D eigenvalue weighted by Crippen LogP contribution is 2.30. The van der Waals surface area contributed by atoms with Crippen LogP contribution >= 0.6 is 11.6 Å². The van der Waals surface area contributed by atoms with Crippen molar-refractivity contribution >= 4 is 29.1 Å². The van der Waals surface area contributed by atoms with Crippen molar-refractivity contribution in [2.45, 2.75) is 25.8 Å². The smallest absolute Gasteiger partial charge is 0.276 e. The molecule has 2 aromatic rings. The van der Waals surface area contributed by atoms with Crippen molar-refractivity contribution in [2.75, 3.05) is 18.5 Å². The van der Waals surface area contributed by atoms with Crippen LogP contribution in [0.4, 0.5) is 5.69 Å². The second-order valence-electron chi connectivity index (χ2n) is 5.64. The number of benzene rings is 1. The molecule has 126 valence electrons. The maximum absolute atomic E-state index is 12.7. The Morgan fingerprint density at radius 2 is 2.21 bits per heavy atom. The Morgan fingerprint density at radius 1 is 1.46 bits per heavy atom. The van der Waals surface area contributed by atoms with Gasteiger partial charge in [-0.05, 0) is 18.6 Å². The Hall–Kier alpha value is -2.34. The number of anilines is 1. The van der Waals surface area contributed by atoms with Crippen LogP contribution in [0.25, 0.3) is 0 Å². The number of amides is 2. The number of hydrogen-bond acceptors (Lipinski definition) is 4. The molecule has 0 saturated carbocycles. The summed E-state index contributed by atoms with van der Waals surface area (Å²) < 4.78 is 5.21. The predicted octanol–water partition coefficient (Wildman–Crippen LogP) is 2.77. The second-order valence-corrected chi connectivity index (χ2v) is 6.05. The second kappa shape index (κ2) is 6.65. The SMILES string of the molecule is CCc1nc(C(=O)N(C)C2CCN(c3ccccc3Cl)C2=O)co1. The molecule has 3 rings (SSSR count). The van der Waals surface area contributed by atoms with Crippen LogP contribution in [0.5, 0.6) is 0 Å². The van der Waals surface area contributed by atoms with E-state index in [-0.39, 0.29) is 17.5 Å². The van der Waals surface area contributed by atoms with Crippen molar-refractivity contribution in [1.82, 2.24) is 9.88 Å². The van der Waals surface area contributed by atoms with Gasteiger partial charge in [0.25, 0.3) is 5.91 Å². The maximum atomic E-state index is 12.7. The minimum Gasteiger partial charge on any atom is -0.448 e. The Bertz CT molecular complexity index is 774. The van der Waals surface area contributed by atoms with Crippen LogP contribution in [-0.4, -0.2) is 41.3 Å². The molecule has 7 heteroatoms. The summed E-state index contributed by atoms with van der Waals surface area (Å²) in [7, 11) is 1.61. The molecular weight excluding hydrogens is 330 g/mol. The van der Waals surface area contributed by atoms with E-state index >= 15 is 0 Å². The normalized spacial score (nSPS) is 17.4. The number of nitrogens with zero attached hydrogens (tertiary/aromatic N) is 3. The minimum absolute atomic E-state index is 0.141. The highest BCUT2D eigenvalue weighted by atomic mass is 35.5. The zero-order chi connectivity index (χ0) is 17.3. The average Bonchev–Trinajstić information content (AvgIpc) is 3.21. The van der Waals surface area contributed by atoms with Gasteiger partial charge in [-0.1, -0.05) is 30.7 Å². The van der Waals surface area contributed by atoms with E-state index in [1.165, 1.54) is 11.2 Å². The fraction of sp³-hybridized carbons (Fsp3) is 0.353. The van der Waals surface area contributed by atoms with Crippen molar-refractivity contribution < 1.29 is 14.0 Å². The number of oxazole rings is 1. The van der Waals surface area contributed by atoms with Gasteiger partial charge in [-0.15, -0.1) is 0 Å². The largest absolute Gasteiger partial charge is 0.448 e. The highest BCUT2D eigenvalue weighted by molar-refractivity contribution is 6.34. The molecule has 1 aromatic heterocycles. The number of likely N-dealkylation sites (N-methyl/N-ethyl adjacent to an activating group) is 1. The number of aryl methyl sites for hydroxylation is 1. The summed E-state index contributed by atoms with van der Waals surface area (Å²) >= 11 is 6.18. The van der Waals surface area contributed by atoms with Gasteiger partial charge in [-0.3, -0.25) is 9.59 Å². The molecule has 1 saturated heterocycles. The highest BCUT2D eigenvalue weighted by Gasteiger charge is 2.38. The van der Waals surface area contributed by atoms with Gasteiger partial charge in [0.15, 0.2) is 11.6 Å². The molecule has 0 bridgehead atoms. The first-order chi connectivity index (χ1) is 11.5. The molecule has 0 spiro atoms. The molecule has 24 heavy (non-hydrogen) atoms. The van der Waals surface area contributed by atoms with Crippen LogP contribution in [-0.2, 0) is 11.2 Å². The van der Waals surface area contributed by atoms with Crippen LogP contribution in [0.1, 0.15) is 29.7 Å². The van der Waals surface area contributed by atoms with E-state index in [9.17, 15) is 9.59 Å². The van der Waals surface area contributed by atoms with Crippen LogP contribution in [0.3, 0.4) is 0 Å². The third-order valence-corrected chi connectivity index (χ3v) is 4.50. The van der Waals surface area contributed by atoms with E-state index in [1.807, 2.05) is 19.1 Å². The zero-order valence-electron chi connectivity index (χ0n) is 13.5. The minimum atomic E-state index is -0.532. The van der Waals surface area contributed by atoms with Gasteiger partial charge in [0.1, 0.15) is 12.3 Å². The summed E-state index contributed by atoms with van der Waals surface area (Å²) in [5.41, 5.74) is 0.889. The molecule has 1 fully saturated rings. The quantitative estimate of drug-likeness (QED) is 0.853. The van der Waals surface area contributed by atoms with Gasteiger partial charge in [0.2, 0.25) is 5.91 Å². The molecule has 1 aromatic carbocycles. The number of carbonyl (C=O) groups excluding carboxylic acids is 2. The number of aromatic nitrogens is 1. The molecule has 2 amide bonds. The Labute approximate surface area is 145 Å². The lowest BCUT2D eigenvalue weighted by molar-refractivity contribution is -0.120. The summed E-state index contributed by atoms with van der Waals surface area (Å²) in [5.74, 6) is 0.0400. The average molecular weight is 348 g/mol. The van der Waals surface area contributed by atoms with Gasteiger partial charge >= 0.3 is 0 Å². The summed E-state index contributed by atoms with van der Waals surface area (Å²) in [6.45, 7) is 2.41.